The molecule has 0 aromatic carbocycles. The Bertz CT molecular complexity index is 152. The topological polar surface area (TPSA) is 32.3 Å². The molecule has 0 rings (SSSR count). The highest BCUT2D eigenvalue weighted by Gasteiger charge is 2.14. The van der Waals surface area contributed by atoms with Crippen LogP contribution in [0.4, 0.5) is 0 Å². The van der Waals surface area contributed by atoms with Gasteiger partial charge in [-0.05, 0) is 12.3 Å². The second kappa shape index (κ2) is 8.01. The van der Waals surface area contributed by atoms with E-state index in [1.807, 2.05) is 0 Å². The van der Waals surface area contributed by atoms with Crippen LogP contribution in [0.3, 0.4) is 0 Å². The van der Waals surface area contributed by atoms with Gasteiger partial charge in [-0.15, -0.1) is 0 Å². The first-order valence-electron chi connectivity index (χ1n) is 5.71. The summed E-state index contributed by atoms with van der Waals surface area (Å²) in [6, 6.07) is 0. The highest BCUT2D eigenvalue weighted by molar-refractivity contribution is 4.95. The molecule has 2 heteroatoms. The van der Waals surface area contributed by atoms with Crippen molar-refractivity contribution in [2.45, 2.75) is 46.1 Å². The normalized spacial score (nSPS) is 13.2. The van der Waals surface area contributed by atoms with Crippen molar-refractivity contribution >= 4 is 0 Å². The van der Waals surface area contributed by atoms with Crippen LogP contribution in [0, 0.1) is 5.92 Å². The number of rotatable bonds is 8. The average Bonchev–Trinajstić information content (AvgIpc) is 2.19. The van der Waals surface area contributed by atoms with E-state index in [0.29, 0.717) is 12.5 Å². The molecule has 0 saturated carbocycles. The summed E-state index contributed by atoms with van der Waals surface area (Å²) < 4.78 is 0. The molecule has 0 radical (unpaired) electrons. The molecule has 0 aliphatic carbocycles. The predicted molar refractivity (Wildman–Crippen MR) is 62.4 cm³/mol. The molecule has 0 saturated heterocycles. The van der Waals surface area contributed by atoms with Crippen molar-refractivity contribution in [1.29, 1.82) is 0 Å². The minimum absolute atomic E-state index is 0.213. The summed E-state index contributed by atoms with van der Waals surface area (Å²) in [7, 11) is 0. The van der Waals surface area contributed by atoms with E-state index in [2.05, 4.69) is 32.7 Å². The van der Waals surface area contributed by atoms with E-state index in [1.54, 1.807) is 0 Å². The zero-order chi connectivity index (χ0) is 11.0. The molecule has 0 bridgehead atoms. The number of hydrogen-bond acceptors (Lipinski definition) is 2. The lowest BCUT2D eigenvalue weighted by Crippen LogP contribution is -2.33. The van der Waals surface area contributed by atoms with E-state index in [-0.39, 0.29) is 6.10 Å². The summed E-state index contributed by atoms with van der Waals surface area (Å²) in [5.74, 6) is 0.428. The van der Waals surface area contributed by atoms with Crippen LogP contribution in [0.15, 0.2) is 12.2 Å². The van der Waals surface area contributed by atoms with Crippen LogP contribution in [0.25, 0.3) is 0 Å². The van der Waals surface area contributed by atoms with E-state index in [4.69, 9.17) is 0 Å². The Morgan fingerprint density at radius 1 is 1.29 bits per heavy atom. The van der Waals surface area contributed by atoms with Crippen molar-refractivity contribution in [3.8, 4) is 0 Å². The first-order valence-corrected chi connectivity index (χ1v) is 5.71. The fourth-order valence-electron chi connectivity index (χ4n) is 1.52. The molecule has 0 aliphatic heterocycles. The molecular formula is C12H25NO. The average molecular weight is 199 g/mol. The molecule has 2 nitrogen and oxygen atoms in total. The molecule has 1 unspecified atom stereocenters. The second-order valence-electron chi connectivity index (χ2n) is 3.88. The Labute approximate surface area is 88.4 Å². The van der Waals surface area contributed by atoms with E-state index >= 15 is 0 Å². The Morgan fingerprint density at radius 2 is 1.86 bits per heavy atom. The SMILES string of the molecule is C=C(CC)CNCC(O)C(CC)CC. The zero-order valence-corrected chi connectivity index (χ0v) is 9.84. The van der Waals surface area contributed by atoms with Crippen molar-refractivity contribution in [2.75, 3.05) is 13.1 Å². The van der Waals surface area contributed by atoms with Crippen molar-refractivity contribution in [3.63, 3.8) is 0 Å². The Morgan fingerprint density at radius 3 is 2.29 bits per heavy atom. The van der Waals surface area contributed by atoms with Crippen molar-refractivity contribution in [1.82, 2.24) is 5.32 Å². The van der Waals surface area contributed by atoms with Gasteiger partial charge in [0.1, 0.15) is 0 Å². The number of aliphatic hydroxyl groups excluding tert-OH is 1. The zero-order valence-electron chi connectivity index (χ0n) is 9.84. The molecule has 0 aromatic heterocycles. The summed E-state index contributed by atoms with van der Waals surface area (Å²) in [6.07, 6.45) is 2.89. The minimum atomic E-state index is -0.213. The molecule has 14 heavy (non-hydrogen) atoms. The van der Waals surface area contributed by atoms with Gasteiger partial charge < -0.3 is 10.4 Å². The molecule has 1 atom stereocenters. The van der Waals surface area contributed by atoms with Crippen molar-refractivity contribution in [2.24, 2.45) is 5.92 Å². The molecule has 0 aromatic rings. The van der Waals surface area contributed by atoms with Crippen LogP contribution >= 0.6 is 0 Å². The van der Waals surface area contributed by atoms with Crippen molar-refractivity contribution < 1.29 is 5.11 Å². The standard InChI is InChI=1S/C12H25NO/c1-5-10(4)8-13-9-12(14)11(6-2)7-3/h11-14H,4-9H2,1-3H3. The third kappa shape index (κ3) is 5.40. The quantitative estimate of drug-likeness (QED) is 0.588. The highest BCUT2D eigenvalue weighted by Crippen LogP contribution is 2.12. The Balaban J connectivity index is 3.61. The summed E-state index contributed by atoms with van der Waals surface area (Å²) in [6.45, 7) is 11.8. The van der Waals surface area contributed by atoms with E-state index in [9.17, 15) is 5.11 Å². The fraction of sp³-hybridized carbons (Fsp3) is 0.833. The maximum absolute atomic E-state index is 9.80. The van der Waals surface area contributed by atoms with Gasteiger partial charge >= 0.3 is 0 Å². The molecule has 2 N–H and O–H groups in total. The van der Waals surface area contributed by atoms with Gasteiger partial charge in [0.05, 0.1) is 6.10 Å². The van der Waals surface area contributed by atoms with Gasteiger partial charge in [0.25, 0.3) is 0 Å². The van der Waals surface area contributed by atoms with Gasteiger partial charge in [-0.2, -0.15) is 0 Å². The third-order valence-corrected chi connectivity index (χ3v) is 2.82. The van der Waals surface area contributed by atoms with Gasteiger partial charge in [0.2, 0.25) is 0 Å². The summed E-state index contributed by atoms with van der Waals surface area (Å²) in [4.78, 5) is 0. The first-order chi connectivity index (χ1) is 6.65. The van der Waals surface area contributed by atoms with Crippen LogP contribution in [-0.4, -0.2) is 24.3 Å². The van der Waals surface area contributed by atoms with Crippen LogP contribution in [0.2, 0.25) is 0 Å². The molecule has 0 aliphatic rings. The lowest BCUT2D eigenvalue weighted by Gasteiger charge is -2.20. The van der Waals surface area contributed by atoms with Gasteiger partial charge in [-0.3, -0.25) is 0 Å². The van der Waals surface area contributed by atoms with E-state index in [0.717, 1.165) is 25.8 Å². The maximum atomic E-state index is 9.80. The summed E-state index contributed by atoms with van der Waals surface area (Å²) in [5, 5.41) is 13.0. The summed E-state index contributed by atoms with van der Waals surface area (Å²) >= 11 is 0. The predicted octanol–water partition coefficient (Wildman–Crippen LogP) is 2.34. The van der Waals surface area contributed by atoms with Gasteiger partial charge in [-0.25, -0.2) is 0 Å². The fourth-order valence-corrected chi connectivity index (χ4v) is 1.52. The molecule has 0 heterocycles. The largest absolute Gasteiger partial charge is 0.392 e. The van der Waals surface area contributed by atoms with E-state index in [1.165, 1.54) is 5.57 Å². The molecule has 0 fully saturated rings. The van der Waals surface area contributed by atoms with Crippen LogP contribution in [0.1, 0.15) is 40.0 Å². The minimum Gasteiger partial charge on any atom is -0.392 e. The van der Waals surface area contributed by atoms with Gasteiger partial charge in [-0.1, -0.05) is 45.8 Å². The molecule has 84 valence electrons. The lowest BCUT2D eigenvalue weighted by molar-refractivity contribution is 0.102. The highest BCUT2D eigenvalue weighted by atomic mass is 16.3. The monoisotopic (exact) mass is 199 g/mol. The Hall–Kier alpha value is -0.340. The number of hydrogen-bond donors (Lipinski definition) is 2. The first kappa shape index (κ1) is 13.7. The van der Waals surface area contributed by atoms with Gasteiger partial charge in [0, 0.05) is 13.1 Å². The van der Waals surface area contributed by atoms with Crippen LogP contribution in [0.5, 0.6) is 0 Å². The van der Waals surface area contributed by atoms with Gasteiger partial charge in [0.15, 0.2) is 0 Å². The Kier molecular flexibility index (Phi) is 7.81. The number of aliphatic hydroxyl groups is 1. The number of nitrogens with one attached hydrogen (secondary N) is 1. The van der Waals surface area contributed by atoms with Crippen LogP contribution in [-0.2, 0) is 0 Å². The second-order valence-corrected chi connectivity index (χ2v) is 3.88. The maximum Gasteiger partial charge on any atom is 0.0692 e. The smallest absolute Gasteiger partial charge is 0.0692 e. The van der Waals surface area contributed by atoms with Crippen LogP contribution < -0.4 is 5.32 Å². The third-order valence-electron chi connectivity index (χ3n) is 2.82. The van der Waals surface area contributed by atoms with E-state index < -0.39 is 0 Å². The molecular weight excluding hydrogens is 174 g/mol. The molecule has 0 amide bonds. The summed E-state index contributed by atoms with van der Waals surface area (Å²) in [5.41, 5.74) is 1.20. The van der Waals surface area contributed by atoms with Crippen molar-refractivity contribution in [3.05, 3.63) is 12.2 Å². The molecule has 0 spiro atoms. The lowest BCUT2D eigenvalue weighted by atomic mass is 9.96.